The summed E-state index contributed by atoms with van der Waals surface area (Å²) in [6.07, 6.45) is 0. The molecule has 0 aromatic heterocycles. The minimum Gasteiger partial charge on any atom is -0.207 e. The number of aryl methyl sites for hydroxylation is 1. The van der Waals surface area contributed by atoms with Crippen molar-refractivity contribution in [2.45, 2.75) is 18.4 Å². The van der Waals surface area contributed by atoms with Gasteiger partial charge in [0.1, 0.15) is 10.7 Å². The Morgan fingerprint density at radius 1 is 1.14 bits per heavy atom. The predicted octanol–water partition coefficient (Wildman–Crippen LogP) is 3.92. The summed E-state index contributed by atoms with van der Waals surface area (Å²) in [7, 11) is -3.82. The van der Waals surface area contributed by atoms with Gasteiger partial charge in [-0.3, -0.25) is 0 Å². The Bertz CT molecular complexity index is 779. The van der Waals surface area contributed by atoms with Crippen LogP contribution < -0.4 is 4.72 Å². The number of rotatable bonds is 4. The fraction of sp³-hybridized carbons (Fsp3) is 0.143. The lowest BCUT2D eigenvalue weighted by Crippen LogP contribution is -2.23. The number of hydrogen-bond donors (Lipinski definition) is 1. The molecule has 0 saturated carbocycles. The van der Waals surface area contributed by atoms with Crippen LogP contribution in [0.2, 0.25) is 10.0 Å². The molecule has 2 aromatic rings. The topological polar surface area (TPSA) is 46.2 Å². The second kappa shape index (κ2) is 6.32. The molecule has 3 nitrogen and oxygen atoms in total. The van der Waals surface area contributed by atoms with Crippen molar-refractivity contribution in [1.82, 2.24) is 4.72 Å². The van der Waals surface area contributed by atoms with Gasteiger partial charge in [0.2, 0.25) is 10.0 Å². The molecule has 0 heterocycles. The van der Waals surface area contributed by atoms with Crippen molar-refractivity contribution < 1.29 is 12.8 Å². The molecule has 0 saturated heterocycles. The summed E-state index contributed by atoms with van der Waals surface area (Å²) in [5.74, 6) is -0.382. The third kappa shape index (κ3) is 3.95. The van der Waals surface area contributed by atoms with Crippen LogP contribution in [0.3, 0.4) is 0 Å². The molecule has 0 spiro atoms. The van der Waals surface area contributed by atoms with Crippen LogP contribution in [-0.2, 0) is 16.6 Å². The maximum absolute atomic E-state index is 13.4. The van der Waals surface area contributed by atoms with Crippen LogP contribution in [0.4, 0.5) is 4.39 Å². The van der Waals surface area contributed by atoms with Crippen molar-refractivity contribution in [3.8, 4) is 0 Å². The molecule has 2 aromatic carbocycles. The van der Waals surface area contributed by atoms with Gasteiger partial charge in [0.25, 0.3) is 0 Å². The smallest absolute Gasteiger partial charge is 0.207 e. The van der Waals surface area contributed by atoms with E-state index in [-0.39, 0.29) is 27.3 Å². The highest BCUT2D eigenvalue weighted by molar-refractivity contribution is 7.89. The summed E-state index contributed by atoms with van der Waals surface area (Å²) in [4.78, 5) is -0.107. The lowest BCUT2D eigenvalue weighted by atomic mass is 10.1. The van der Waals surface area contributed by atoms with Crippen LogP contribution in [-0.4, -0.2) is 8.42 Å². The first-order valence-corrected chi connectivity index (χ1v) is 8.23. The molecular weight excluding hydrogens is 336 g/mol. The zero-order valence-corrected chi connectivity index (χ0v) is 13.4. The number of sulfonamides is 1. The van der Waals surface area contributed by atoms with Gasteiger partial charge in [0.15, 0.2) is 0 Å². The minimum atomic E-state index is -3.82. The van der Waals surface area contributed by atoms with Gasteiger partial charge < -0.3 is 0 Å². The van der Waals surface area contributed by atoms with Gasteiger partial charge in [-0.2, -0.15) is 0 Å². The first kappa shape index (κ1) is 16.2. The summed E-state index contributed by atoms with van der Waals surface area (Å²) < 4.78 is 40.2. The maximum atomic E-state index is 13.4. The molecule has 0 unspecified atom stereocenters. The van der Waals surface area contributed by atoms with Crippen LogP contribution in [0.1, 0.15) is 11.1 Å². The number of benzene rings is 2. The lowest BCUT2D eigenvalue weighted by molar-refractivity contribution is 0.580. The molecule has 112 valence electrons. The zero-order chi connectivity index (χ0) is 15.6. The second-order valence-corrected chi connectivity index (χ2v) is 7.06. The van der Waals surface area contributed by atoms with Gasteiger partial charge in [-0.1, -0.05) is 35.3 Å². The van der Waals surface area contributed by atoms with Crippen LogP contribution in [0.5, 0.6) is 0 Å². The maximum Gasteiger partial charge on any atom is 0.242 e. The van der Waals surface area contributed by atoms with E-state index in [4.69, 9.17) is 23.2 Å². The third-order valence-corrected chi connectivity index (χ3v) is 5.00. The van der Waals surface area contributed by atoms with E-state index >= 15 is 0 Å². The highest BCUT2D eigenvalue weighted by atomic mass is 35.5. The Labute approximate surface area is 132 Å². The third-order valence-electron chi connectivity index (χ3n) is 2.89. The lowest BCUT2D eigenvalue weighted by Gasteiger charge is -2.09. The van der Waals surface area contributed by atoms with Crippen molar-refractivity contribution in [3.63, 3.8) is 0 Å². The summed E-state index contributed by atoms with van der Waals surface area (Å²) >= 11 is 11.6. The molecule has 0 atom stereocenters. The molecule has 0 radical (unpaired) electrons. The zero-order valence-electron chi connectivity index (χ0n) is 11.0. The molecule has 0 aliphatic carbocycles. The normalized spacial score (nSPS) is 11.6. The molecule has 7 heteroatoms. The Morgan fingerprint density at radius 2 is 1.86 bits per heavy atom. The number of halogens is 3. The highest BCUT2D eigenvalue weighted by Crippen LogP contribution is 2.25. The summed E-state index contributed by atoms with van der Waals surface area (Å²) in [6.45, 7) is 1.59. The monoisotopic (exact) mass is 347 g/mol. The quantitative estimate of drug-likeness (QED) is 0.910. The number of nitrogens with one attached hydrogen (secondary N) is 1. The van der Waals surface area contributed by atoms with Crippen molar-refractivity contribution in [2.24, 2.45) is 0 Å². The van der Waals surface area contributed by atoms with Gasteiger partial charge in [-0.15, -0.1) is 0 Å². The SMILES string of the molecule is Cc1ccc(CNS(=O)(=O)c2cc(Cl)ccc2Cl)cc1F. The van der Waals surface area contributed by atoms with Crippen LogP contribution in [0.25, 0.3) is 0 Å². The first-order valence-electron chi connectivity index (χ1n) is 5.99. The molecular formula is C14H12Cl2FNO2S. The van der Waals surface area contributed by atoms with E-state index in [0.717, 1.165) is 0 Å². The van der Waals surface area contributed by atoms with E-state index < -0.39 is 10.0 Å². The van der Waals surface area contributed by atoms with Crippen LogP contribution in [0, 0.1) is 12.7 Å². The summed E-state index contributed by atoms with van der Waals surface area (Å²) in [6, 6.07) is 8.70. The minimum absolute atomic E-state index is 0.0393. The van der Waals surface area contributed by atoms with E-state index in [9.17, 15) is 12.8 Å². The molecule has 0 amide bonds. The highest BCUT2D eigenvalue weighted by Gasteiger charge is 2.18. The molecule has 0 fully saturated rings. The van der Waals surface area contributed by atoms with Crippen molar-refractivity contribution >= 4 is 33.2 Å². The van der Waals surface area contributed by atoms with Gasteiger partial charge in [-0.05, 0) is 42.3 Å². The Hall–Kier alpha value is -1.14. The fourth-order valence-corrected chi connectivity index (χ4v) is 3.46. The van der Waals surface area contributed by atoms with Crippen LogP contribution >= 0.6 is 23.2 Å². The van der Waals surface area contributed by atoms with E-state index in [1.807, 2.05) is 0 Å². The van der Waals surface area contributed by atoms with Gasteiger partial charge in [0, 0.05) is 11.6 Å². The average molecular weight is 348 g/mol. The van der Waals surface area contributed by atoms with Crippen molar-refractivity contribution in [3.05, 3.63) is 63.4 Å². The Morgan fingerprint density at radius 3 is 2.52 bits per heavy atom. The molecule has 0 aliphatic rings. The average Bonchev–Trinajstić information content (AvgIpc) is 2.43. The predicted molar refractivity (Wildman–Crippen MR) is 81.6 cm³/mol. The van der Waals surface area contributed by atoms with Crippen molar-refractivity contribution in [1.29, 1.82) is 0 Å². The standard InChI is InChI=1S/C14H12Cl2FNO2S/c1-9-2-3-10(6-13(9)17)8-18-21(19,20)14-7-11(15)4-5-12(14)16/h2-7,18H,8H2,1H3. The van der Waals surface area contributed by atoms with E-state index in [2.05, 4.69) is 4.72 Å². The summed E-state index contributed by atoms with van der Waals surface area (Å²) in [5.41, 5.74) is 1.01. The van der Waals surface area contributed by atoms with E-state index in [1.165, 1.54) is 24.3 Å². The molecule has 21 heavy (non-hydrogen) atoms. The van der Waals surface area contributed by atoms with Gasteiger partial charge in [0.05, 0.1) is 5.02 Å². The first-order chi connectivity index (χ1) is 9.79. The molecule has 0 bridgehead atoms. The molecule has 2 rings (SSSR count). The van der Waals surface area contributed by atoms with E-state index in [1.54, 1.807) is 19.1 Å². The van der Waals surface area contributed by atoms with Gasteiger partial charge >= 0.3 is 0 Å². The van der Waals surface area contributed by atoms with E-state index in [0.29, 0.717) is 11.1 Å². The molecule has 1 N–H and O–H groups in total. The van der Waals surface area contributed by atoms with Gasteiger partial charge in [-0.25, -0.2) is 17.5 Å². The largest absolute Gasteiger partial charge is 0.242 e. The van der Waals surface area contributed by atoms with Crippen LogP contribution in [0.15, 0.2) is 41.3 Å². The Balaban J connectivity index is 2.21. The number of hydrogen-bond acceptors (Lipinski definition) is 2. The van der Waals surface area contributed by atoms with Crippen molar-refractivity contribution in [2.75, 3.05) is 0 Å². The Kier molecular flexibility index (Phi) is 4.88. The second-order valence-electron chi connectivity index (χ2n) is 4.48. The summed E-state index contributed by atoms with van der Waals surface area (Å²) in [5, 5.41) is 0.336. The molecule has 0 aliphatic heterocycles. The fourth-order valence-electron chi connectivity index (χ4n) is 1.69.